The third-order valence-corrected chi connectivity index (χ3v) is 20.5. The molecule has 0 spiro atoms. The Morgan fingerprint density at radius 3 is 1.23 bits per heavy atom. The van der Waals surface area contributed by atoms with Crippen molar-refractivity contribution in [1.82, 2.24) is 62.1 Å². The van der Waals surface area contributed by atoms with Crippen LogP contribution in [0, 0.1) is 57.2 Å². The Bertz CT molecular complexity index is 3530. The van der Waals surface area contributed by atoms with Gasteiger partial charge in [0.15, 0.2) is 6.10 Å². The second-order valence-corrected chi connectivity index (χ2v) is 34.7. The summed E-state index contributed by atoms with van der Waals surface area (Å²) < 4.78 is 10.9. The SMILES string of the molecule is CN(C)C(=O)[C@@H](NC(=O)CNC(=O)C(=O)C(CC1CC1)NC(=O)[C@@H]1[C@@H]2[C@H](CN1C(=O)[C@@H](NC(=O)OC(C)(C)C)C(C)(C)C)C2(C)C)c1ccccc1.CN(C)C(=O)[C@@H](NC(=O)CNC(=O)C(O)C(CC1CC1)NC(=O)[C@@H]1[C@@H]2[C@H](CN1C(=O)[C@@H](NC(=O)OC(C)(C)C)C(C)(C)C)C2(C)C)c1ccccc1. The number of fused-ring (bicyclic) bond motifs is 2. The number of ketones is 1. The molecule has 4 saturated carbocycles. The number of nitrogens with zero attached hydrogens (tertiary/aromatic N) is 4. The standard InChI is InChI=1S/C38H58N6O8.C38H56N6O8/c2*1-36(2,3)30(42-35(51)52-37(4,5)6)34(50)44-20-23-26(38(23,7)8)28(44)31(47)40-24(18-21-16-17-21)29(46)32(48)39-19-25(45)41-27(33(49)43(9)10)22-14-12-11-13-15-22/h11-15,21,23-24,26-30,46H,16-20H2,1-10H3,(H,39,48)(H,40,47)(H,41,45)(H,42,51);11-15,21,23-24,26-28,30H,16-20H2,1-10H3,(H,39,48)(H,40,47)(H,41,45)(H,42,51)/t23-,24?,26-,27-,28-,29?,30+;23-,24?,26-,27-,28-,30+/m00/s1. The number of aliphatic hydroxyl groups is 1. The number of hydrogen-bond acceptors (Lipinski definition) is 16. The summed E-state index contributed by atoms with van der Waals surface area (Å²) in [6, 6.07) is 9.44. The van der Waals surface area contributed by atoms with Gasteiger partial charge in [0, 0.05) is 41.3 Å². The van der Waals surface area contributed by atoms with Crippen molar-refractivity contribution in [3.05, 3.63) is 71.8 Å². The molecule has 6 aliphatic rings. The van der Waals surface area contributed by atoms with Gasteiger partial charge in [0.2, 0.25) is 53.0 Å². The van der Waals surface area contributed by atoms with Crippen molar-refractivity contribution in [1.29, 1.82) is 0 Å². The van der Waals surface area contributed by atoms with Gasteiger partial charge >= 0.3 is 12.2 Å². The highest BCUT2D eigenvalue weighted by atomic mass is 16.6. The zero-order valence-electron chi connectivity index (χ0n) is 64.4. The Morgan fingerprint density at radius 1 is 0.510 bits per heavy atom. The Labute approximate surface area is 611 Å². The van der Waals surface area contributed by atoms with Crippen LogP contribution in [-0.2, 0) is 62.2 Å². The Morgan fingerprint density at radius 2 is 0.875 bits per heavy atom. The smallest absolute Gasteiger partial charge is 0.408 e. The largest absolute Gasteiger partial charge is 0.444 e. The maximum Gasteiger partial charge on any atom is 0.408 e. The molecule has 12 amide bonds. The number of ether oxygens (including phenoxy) is 2. The lowest BCUT2D eigenvalue weighted by atomic mass is 9.85. The maximum absolute atomic E-state index is 14.2. The number of rotatable bonds is 26. The van der Waals surface area contributed by atoms with E-state index in [4.69, 9.17) is 9.47 Å². The Balaban J connectivity index is 0.000000291. The zero-order valence-corrected chi connectivity index (χ0v) is 64.4. The monoisotopic (exact) mass is 1450 g/mol. The third-order valence-electron chi connectivity index (χ3n) is 20.5. The number of amides is 12. The van der Waals surface area contributed by atoms with Crippen molar-refractivity contribution in [3.63, 3.8) is 0 Å². The summed E-state index contributed by atoms with van der Waals surface area (Å²) in [6.45, 7) is 29.0. The van der Waals surface area contributed by atoms with E-state index in [0.717, 1.165) is 25.7 Å². The minimum Gasteiger partial charge on any atom is -0.444 e. The van der Waals surface area contributed by atoms with Gasteiger partial charge in [-0.2, -0.15) is 0 Å². The van der Waals surface area contributed by atoms with Crippen molar-refractivity contribution >= 4 is 77.0 Å². The van der Waals surface area contributed by atoms with Crippen molar-refractivity contribution < 1.29 is 76.9 Å². The minimum absolute atomic E-state index is 0.0350. The molecule has 104 heavy (non-hydrogen) atoms. The molecule has 6 fully saturated rings. The van der Waals surface area contributed by atoms with Gasteiger partial charge in [0.05, 0.1) is 25.2 Å². The zero-order chi connectivity index (χ0) is 77.8. The van der Waals surface area contributed by atoms with E-state index in [2.05, 4.69) is 42.5 Å². The van der Waals surface area contributed by atoms with E-state index < -0.39 is 155 Å². The molecule has 2 saturated heterocycles. The lowest BCUT2D eigenvalue weighted by molar-refractivity contribution is -0.145. The molecule has 0 radical (unpaired) electrons. The van der Waals surface area contributed by atoms with E-state index in [9.17, 15) is 67.4 Å². The molecule has 2 aliphatic heterocycles. The first kappa shape index (κ1) is 82.6. The molecule has 13 atom stereocenters. The second-order valence-electron chi connectivity index (χ2n) is 34.7. The second kappa shape index (κ2) is 32.4. The molecule has 2 aromatic rings. The summed E-state index contributed by atoms with van der Waals surface area (Å²) in [5, 5.41) is 32.5. The van der Waals surface area contributed by atoms with Gasteiger partial charge in [-0.3, -0.25) is 52.7 Å². The molecule has 2 aromatic carbocycles. The Hall–Kier alpha value is -8.69. The molecule has 28 heteroatoms. The number of carbonyl (C=O) groups is 13. The van der Waals surface area contributed by atoms with Crippen LogP contribution in [0.2, 0.25) is 0 Å². The predicted molar refractivity (Wildman–Crippen MR) is 385 cm³/mol. The average molecular weight is 1450 g/mol. The van der Waals surface area contributed by atoms with Crippen LogP contribution in [0.5, 0.6) is 0 Å². The lowest BCUT2D eigenvalue weighted by Gasteiger charge is -2.38. The van der Waals surface area contributed by atoms with Crippen LogP contribution in [0.4, 0.5) is 9.59 Å². The van der Waals surface area contributed by atoms with Crippen LogP contribution in [0.3, 0.4) is 0 Å². The maximum atomic E-state index is 14.2. The Kier molecular flexibility index (Phi) is 25.7. The van der Waals surface area contributed by atoms with E-state index >= 15 is 0 Å². The molecular weight excluding hydrogens is 1340 g/mol. The number of benzene rings is 2. The van der Waals surface area contributed by atoms with Crippen molar-refractivity contribution in [2.24, 2.45) is 57.2 Å². The quantitative estimate of drug-likeness (QED) is 0.0588. The fraction of sp³-hybridized carbons (Fsp3) is 0.671. The third kappa shape index (κ3) is 21.3. The van der Waals surface area contributed by atoms with Gasteiger partial charge in [-0.05, 0) is 123 Å². The molecule has 2 heterocycles. The van der Waals surface area contributed by atoms with Gasteiger partial charge in [0.25, 0.3) is 11.8 Å². The molecule has 28 nitrogen and oxygen atoms in total. The van der Waals surface area contributed by atoms with E-state index in [1.807, 2.05) is 69.2 Å². The van der Waals surface area contributed by atoms with Crippen molar-refractivity contribution in [3.8, 4) is 0 Å². The molecule has 0 bridgehead atoms. The summed E-state index contributed by atoms with van der Waals surface area (Å²) in [5.74, 6) is -6.62. The molecule has 3 unspecified atom stereocenters. The first-order chi connectivity index (χ1) is 48.0. The highest BCUT2D eigenvalue weighted by Crippen LogP contribution is 2.66. The van der Waals surface area contributed by atoms with Gasteiger partial charge in [-0.1, -0.05) is 156 Å². The predicted octanol–water partition coefficient (Wildman–Crippen LogP) is 4.44. The fourth-order valence-electron chi connectivity index (χ4n) is 14.2. The van der Waals surface area contributed by atoms with Gasteiger partial charge in [0.1, 0.15) is 47.5 Å². The molecule has 8 rings (SSSR count). The highest BCUT2D eigenvalue weighted by Gasteiger charge is 2.71. The van der Waals surface area contributed by atoms with Gasteiger partial charge in [-0.25, -0.2) is 9.59 Å². The summed E-state index contributed by atoms with van der Waals surface area (Å²) in [6.07, 6.45) is 0.872. The number of nitrogens with one attached hydrogen (secondary N) is 8. The fourth-order valence-corrected chi connectivity index (χ4v) is 14.2. The number of carbonyl (C=O) groups excluding carboxylic acids is 13. The van der Waals surface area contributed by atoms with Crippen LogP contribution in [0.25, 0.3) is 0 Å². The summed E-state index contributed by atoms with van der Waals surface area (Å²) in [7, 11) is 6.28. The highest BCUT2D eigenvalue weighted by molar-refractivity contribution is 6.38. The number of likely N-dealkylation sites (tertiary alicyclic amines) is 2. The topological polar surface area (TPSA) is 370 Å². The molecule has 9 N–H and O–H groups in total. The first-order valence-corrected chi connectivity index (χ1v) is 36.1. The molecule has 4 aliphatic carbocycles. The van der Waals surface area contributed by atoms with Gasteiger partial charge < -0.3 is 76.7 Å². The van der Waals surface area contributed by atoms with E-state index in [1.54, 1.807) is 130 Å². The van der Waals surface area contributed by atoms with Crippen molar-refractivity contribution in [2.75, 3.05) is 54.4 Å². The number of piperidine rings is 2. The number of alkyl carbamates (subject to hydrolysis) is 2. The summed E-state index contributed by atoms with van der Waals surface area (Å²) in [5.41, 5.74) is -2.33. The average Bonchev–Trinajstić information content (AvgIpc) is 1.53. The van der Waals surface area contributed by atoms with Crippen LogP contribution in [0.1, 0.15) is 173 Å². The number of Topliss-reactive ketones (excluding diaryl/α,β-unsaturated/α-hetero) is 1. The van der Waals surface area contributed by atoms with Crippen LogP contribution in [0.15, 0.2) is 60.7 Å². The van der Waals surface area contributed by atoms with Crippen LogP contribution in [-0.4, -0.2) is 210 Å². The number of hydrogen-bond donors (Lipinski definition) is 9. The molecule has 0 aromatic heterocycles. The number of aliphatic hydroxyl groups excluding tert-OH is 1. The van der Waals surface area contributed by atoms with E-state index in [1.165, 1.54) is 19.6 Å². The first-order valence-electron chi connectivity index (χ1n) is 36.1. The summed E-state index contributed by atoms with van der Waals surface area (Å²) >= 11 is 0. The van der Waals surface area contributed by atoms with E-state index in [0.29, 0.717) is 30.6 Å². The lowest BCUT2D eigenvalue weighted by Crippen LogP contribution is -2.61. The minimum atomic E-state index is -1.68. The van der Waals surface area contributed by atoms with Crippen LogP contribution >= 0.6 is 0 Å². The van der Waals surface area contributed by atoms with E-state index in [-0.39, 0.29) is 64.6 Å². The molecule has 574 valence electrons. The van der Waals surface area contributed by atoms with Gasteiger partial charge in [-0.15, -0.1) is 0 Å². The van der Waals surface area contributed by atoms with Crippen LogP contribution < -0.4 is 42.5 Å². The normalized spacial score (nSPS) is 22.5. The summed E-state index contributed by atoms with van der Waals surface area (Å²) in [4.78, 5) is 179. The molecular formula is C76H114N12O16. The van der Waals surface area contributed by atoms with Crippen molar-refractivity contribution in [2.45, 2.75) is 215 Å². The number of likely N-dealkylation sites (N-methyl/N-ethyl adjacent to an activating group) is 2.